The fourth-order valence-electron chi connectivity index (χ4n) is 2.39. The number of carbonyl (C=O) groups excluding carboxylic acids is 1. The van der Waals surface area contributed by atoms with Gasteiger partial charge in [-0.05, 0) is 42.9 Å². The van der Waals surface area contributed by atoms with Gasteiger partial charge in [0.1, 0.15) is 0 Å². The first-order chi connectivity index (χ1) is 9.37. The lowest BCUT2D eigenvalue weighted by molar-refractivity contribution is 0.149. The fourth-order valence-corrected chi connectivity index (χ4v) is 2.39. The SMILES string of the molecule is CC(N)c1ccc(NC(=O)N2CCC(C)(C)CC2)cc1. The molecule has 1 heterocycles. The maximum atomic E-state index is 12.2. The predicted octanol–water partition coefficient (Wildman–Crippen LogP) is 3.36. The van der Waals surface area contributed by atoms with Gasteiger partial charge in [-0.3, -0.25) is 0 Å². The minimum atomic E-state index is -0.00551. The summed E-state index contributed by atoms with van der Waals surface area (Å²) in [4.78, 5) is 14.1. The van der Waals surface area contributed by atoms with Crippen LogP contribution in [0.4, 0.5) is 10.5 Å². The Balaban J connectivity index is 1.91. The second kappa shape index (κ2) is 5.83. The number of nitrogens with zero attached hydrogens (tertiary/aromatic N) is 1. The number of hydrogen-bond acceptors (Lipinski definition) is 2. The van der Waals surface area contributed by atoms with E-state index in [-0.39, 0.29) is 12.1 Å². The second-order valence-electron chi connectivity index (χ2n) is 6.49. The van der Waals surface area contributed by atoms with Gasteiger partial charge >= 0.3 is 6.03 Å². The average Bonchev–Trinajstić information content (AvgIpc) is 2.39. The largest absolute Gasteiger partial charge is 0.324 e. The highest BCUT2D eigenvalue weighted by atomic mass is 16.2. The summed E-state index contributed by atoms with van der Waals surface area (Å²) < 4.78 is 0. The molecule has 0 spiro atoms. The van der Waals surface area contributed by atoms with Gasteiger partial charge in [-0.1, -0.05) is 26.0 Å². The zero-order valence-electron chi connectivity index (χ0n) is 12.6. The van der Waals surface area contributed by atoms with Crippen molar-refractivity contribution < 1.29 is 4.79 Å². The van der Waals surface area contributed by atoms with E-state index in [9.17, 15) is 4.79 Å². The monoisotopic (exact) mass is 275 g/mol. The van der Waals surface area contributed by atoms with E-state index in [4.69, 9.17) is 5.73 Å². The summed E-state index contributed by atoms with van der Waals surface area (Å²) >= 11 is 0. The predicted molar refractivity (Wildman–Crippen MR) is 82.7 cm³/mol. The molecule has 110 valence electrons. The Morgan fingerprint density at radius 2 is 1.80 bits per heavy atom. The number of piperidine rings is 1. The third-order valence-corrected chi connectivity index (χ3v) is 4.09. The van der Waals surface area contributed by atoms with Gasteiger partial charge in [0, 0.05) is 24.8 Å². The molecule has 2 amide bonds. The zero-order chi connectivity index (χ0) is 14.8. The normalized spacial score (nSPS) is 19.5. The van der Waals surface area contributed by atoms with E-state index in [2.05, 4.69) is 19.2 Å². The molecule has 1 aliphatic rings. The molecule has 1 aromatic rings. The molecule has 0 bridgehead atoms. The van der Waals surface area contributed by atoms with Crippen LogP contribution < -0.4 is 11.1 Å². The minimum Gasteiger partial charge on any atom is -0.324 e. The molecule has 2 rings (SSSR count). The standard InChI is InChI=1S/C16H25N3O/c1-12(17)13-4-6-14(7-5-13)18-15(20)19-10-8-16(2,3)9-11-19/h4-7,12H,8-11,17H2,1-3H3,(H,18,20). The van der Waals surface area contributed by atoms with Crippen LogP contribution in [0.25, 0.3) is 0 Å². The second-order valence-corrected chi connectivity index (χ2v) is 6.49. The maximum absolute atomic E-state index is 12.2. The number of carbonyl (C=O) groups is 1. The third kappa shape index (κ3) is 3.73. The van der Waals surface area contributed by atoms with Crippen molar-refractivity contribution >= 4 is 11.7 Å². The van der Waals surface area contributed by atoms with Crippen LogP contribution >= 0.6 is 0 Å². The first-order valence-electron chi connectivity index (χ1n) is 7.29. The van der Waals surface area contributed by atoms with Gasteiger partial charge < -0.3 is 16.0 Å². The summed E-state index contributed by atoms with van der Waals surface area (Å²) in [6.45, 7) is 8.13. The molecule has 1 aromatic carbocycles. The van der Waals surface area contributed by atoms with Crippen molar-refractivity contribution in [3.8, 4) is 0 Å². The Labute approximate surface area is 121 Å². The molecule has 1 atom stereocenters. The van der Waals surface area contributed by atoms with Crippen molar-refractivity contribution in [3.05, 3.63) is 29.8 Å². The Morgan fingerprint density at radius 3 is 2.30 bits per heavy atom. The van der Waals surface area contributed by atoms with Gasteiger partial charge in [-0.15, -0.1) is 0 Å². The highest BCUT2D eigenvalue weighted by Gasteiger charge is 2.27. The van der Waals surface area contributed by atoms with Crippen molar-refractivity contribution in [1.29, 1.82) is 0 Å². The summed E-state index contributed by atoms with van der Waals surface area (Å²) in [5.41, 5.74) is 8.06. The zero-order valence-corrected chi connectivity index (χ0v) is 12.6. The molecular weight excluding hydrogens is 250 g/mol. The molecule has 3 N–H and O–H groups in total. The van der Waals surface area contributed by atoms with Crippen LogP contribution in [0.15, 0.2) is 24.3 Å². The van der Waals surface area contributed by atoms with Crippen molar-refractivity contribution in [2.24, 2.45) is 11.1 Å². The van der Waals surface area contributed by atoms with Gasteiger partial charge in [-0.2, -0.15) is 0 Å². The lowest BCUT2D eigenvalue weighted by atomic mass is 9.83. The van der Waals surface area contributed by atoms with Gasteiger partial charge in [0.2, 0.25) is 0 Å². The molecule has 1 fully saturated rings. The number of benzene rings is 1. The summed E-state index contributed by atoms with van der Waals surface area (Å²) in [6, 6.07) is 7.74. The van der Waals surface area contributed by atoms with Gasteiger partial charge in [0.15, 0.2) is 0 Å². The molecule has 0 radical (unpaired) electrons. The molecule has 4 heteroatoms. The summed E-state index contributed by atoms with van der Waals surface area (Å²) in [5.74, 6) is 0. The molecule has 0 aromatic heterocycles. The van der Waals surface area contributed by atoms with Crippen molar-refractivity contribution in [2.45, 2.75) is 39.7 Å². The smallest absolute Gasteiger partial charge is 0.321 e. The number of likely N-dealkylation sites (tertiary alicyclic amines) is 1. The quantitative estimate of drug-likeness (QED) is 0.869. The Bertz CT molecular complexity index is 455. The molecule has 0 aliphatic carbocycles. The third-order valence-electron chi connectivity index (χ3n) is 4.09. The molecule has 1 unspecified atom stereocenters. The van der Waals surface area contributed by atoms with Gasteiger partial charge in [0.05, 0.1) is 0 Å². The van der Waals surface area contributed by atoms with E-state index in [0.29, 0.717) is 5.41 Å². The van der Waals surface area contributed by atoms with Crippen LogP contribution in [-0.4, -0.2) is 24.0 Å². The molecule has 1 aliphatic heterocycles. The number of hydrogen-bond donors (Lipinski definition) is 2. The summed E-state index contributed by atoms with van der Waals surface area (Å²) in [5, 5.41) is 2.95. The summed E-state index contributed by atoms with van der Waals surface area (Å²) in [6.07, 6.45) is 2.12. The van der Waals surface area contributed by atoms with E-state index in [1.54, 1.807) is 0 Å². The van der Waals surface area contributed by atoms with E-state index in [0.717, 1.165) is 37.2 Å². The molecule has 20 heavy (non-hydrogen) atoms. The molecule has 4 nitrogen and oxygen atoms in total. The van der Waals surface area contributed by atoms with Gasteiger partial charge in [-0.25, -0.2) is 4.79 Å². The van der Waals surface area contributed by atoms with E-state index in [1.165, 1.54) is 0 Å². The van der Waals surface area contributed by atoms with Crippen LogP contribution in [0.3, 0.4) is 0 Å². The summed E-state index contributed by atoms with van der Waals surface area (Å²) in [7, 11) is 0. The molecule has 1 saturated heterocycles. The highest BCUT2D eigenvalue weighted by Crippen LogP contribution is 2.29. The van der Waals surface area contributed by atoms with Crippen LogP contribution in [0.2, 0.25) is 0 Å². The van der Waals surface area contributed by atoms with E-state index < -0.39 is 0 Å². The Morgan fingerprint density at radius 1 is 1.25 bits per heavy atom. The number of rotatable bonds is 2. The number of nitrogens with two attached hydrogens (primary N) is 1. The van der Waals surface area contributed by atoms with Crippen LogP contribution in [0.5, 0.6) is 0 Å². The Kier molecular flexibility index (Phi) is 4.33. The topological polar surface area (TPSA) is 58.4 Å². The maximum Gasteiger partial charge on any atom is 0.321 e. The number of nitrogens with one attached hydrogen (secondary N) is 1. The highest BCUT2D eigenvalue weighted by molar-refractivity contribution is 5.89. The number of urea groups is 1. The van der Waals surface area contributed by atoms with Crippen LogP contribution in [0, 0.1) is 5.41 Å². The van der Waals surface area contributed by atoms with E-state index in [1.807, 2.05) is 36.1 Å². The van der Waals surface area contributed by atoms with Crippen molar-refractivity contribution in [2.75, 3.05) is 18.4 Å². The minimum absolute atomic E-state index is 0.00551. The average molecular weight is 275 g/mol. The fraction of sp³-hybridized carbons (Fsp3) is 0.562. The lowest BCUT2D eigenvalue weighted by Crippen LogP contribution is -2.43. The number of anilines is 1. The van der Waals surface area contributed by atoms with Gasteiger partial charge in [0.25, 0.3) is 0 Å². The molecule has 0 saturated carbocycles. The van der Waals surface area contributed by atoms with Crippen LogP contribution in [-0.2, 0) is 0 Å². The Hall–Kier alpha value is -1.55. The van der Waals surface area contributed by atoms with Crippen LogP contribution in [0.1, 0.15) is 45.2 Å². The number of amides is 2. The first-order valence-corrected chi connectivity index (χ1v) is 7.29. The first kappa shape index (κ1) is 14.9. The van der Waals surface area contributed by atoms with Crippen molar-refractivity contribution in [1.82, 2.24) is 4.90 Å². The van der Waals surface area contributed by atoms with Crippen molar-refractivity contribution in [3.63, 3.8) is 0 Å². The van der Waals surface area contributed by atoms with E-state index >= 15 is 0 Å². The molecular formula is C16H25N3O. The lowest BCUT2D eigenvalue weighted by Gasteiger charge is -2.36.